The number of carboxylic acid groups (broad SMARTS) is 1. The molecule has 0 atom stereocenters. The van der Waals surface area contributed by atoms with Gasteiger partial charge in [0.05, 0.1) is 28.2 Å². The molecule has 0 unspecified atom stereocenters. The monoisotopic (exact) mass is 470 g/mol. The number of carboxylic acids is 1. The molecule has 0 aliphatic rings. The van der Waals surface area contributed by atoms with Gasteiger partial charge in [-0.05, 0) is 17.7 Å². The molecule has 0 aliphatic heterocycles. The molecule has 0 saturated carbocycles. The van der Waals surface area contributed by atoms with Crippen LogP contribution in [0.15, 0.2) is 63.5 Å². The Hall–Kier alpha value is -3.36. The second-order valence-corrected chi connectivity index (χ2v) is 9.17. The first kappa shape index (κ1) is 21.9. The van der Waals surface area contributed by atoms with Crippen LogP contribution in [-0.2, 0) is 5.41 Å². The lowest BCUT2D eigenvalue weighted by Crippen LogP contribution is -2.34. The lowest BCUT2D eigenvalue weighted by Gasteiger charge is -2.25. The maximum absolute atomic E-state index is 13.1. The third-order valence-corrected chi connectivity index (χ3v) is 6.45. The van der Waals surface area contributed by atoms with E-state index in [1.807, 2.05) is 44.2 Å². The first-order valence-corrected chi connectivity index (χ1v) is 10.9. The topological polar surface area (TPSA) is 101 Å². The fourth-order valence-corrected chi connectivity index (χ4v) is 4.43. The highest BCUT2D eigenvalue weighted by Crippen LogP contribution is 2.28. The third kappa shape index (κ3) is 3.94. The molecule has 0 fully saturated rings. The summed E-state index contributed by atoms with van der Waals surface area (Å²) in [5.41, 5.74) is -0.386. The number of aromatic nitrogens is 2. The lowest BCUT2D eigenvalue weighted by molar-refractivity contribution is 0.0704. The molecule has 9 heteroatoms. The van der Waals surface area contributed by atoms with Crippen LogP contribution in [0.3, 0.4) is 0 Å². The van der Waals surface area contributed by atoms with Crippen molar-refractivity contribution in [2.75, 3.05) is 6.61 Å². The van der Waals surface area contributed by atoms with E-state index in [0.29, 0.717) is 12.4 Å². The minimum atomic E-state index is -1.24. The number of nitrogens with one attached hydrogen (secondary N) is 1. The molecular weight excluding hydrogens is 452 g/mol. The number of rotatable bonds is 6. The Kier molecular flexibility index (Phi) is 5.66. The minimum Gasteiger partial charge on any atom is -0.493 e. The lowest BCUT2D eigenvalue weighted by atomic mass is 9.86. The van der Waals surface area contributed by atoms with Gasteiger partial charge in [-0.2, -0.15) is 0 Å². The van der Waals surface area contributed by atoms with Crippen molar-refractivity contribution in [1.82, 2.24) is 9.55 Å². The predicted molar refractivity (Wildman–Crippen MR) is 125 cm³/mol. The summed E-state index contributed by atoms with van der Waals surface area (Å²) in [6, 6.07) is 14.6. The number of thiophene rings is 1. The average molecular weight is 471 g/mol. The second kappa shape index (κ2) is 8.29. The van der Waals surface area contributed by atoms with Gasteiger partial charge in [-0.15, -0.1) is 11.3 Å². The molecule has 0 aliphatic carbocycles. The van der Waals surface area contributed by atoms with Crippen LogP contribution in [0.4, 0.5) is 0 Å². The van der Waals surface area contributed by atoms with Crippen molar-refractivity contribution in [2.45, 2.75) is 19.3 Å². The van der Waals surface area contributed by atoms with Gasteiger partial charge in [-0.1, -0.05) is 55.8 Å². The standard InChI is InChI=1S/C23H19ClN2O5S/c1-23(2,13-6-4-3-5-7-13)12-31-14-8-9-15(24)17(10-14)26-20(27)18-16(25-22(26)30)11-32-19(18)21(28)29/h3-11H,12H2,1-2H3,(H,25,30)(H,28,29). The van der Waals surface area contributed by atoms with E-state index in [2.05, 4.69) is 4.98 Å². The number of nitrogens with zero attached hydrogens (tertiary/aromatic N) is 1. The summed E-state index contributed by atoms with van der Waals surface area (Å²) in [5.74, 6) is -0.824. The SMILES string of the molecule is CC(C)(COc1ccc(Cl)c(-n2c(=O)[nH]c3csc(C(=O)O)c3c2=O)c1)c1ccccc1. The maximum atomic E-state index is 13.1. The Balaban J connectivity index is 1.75. The summed E-state index contributed by atoms with van der Waals surface area (Å²) >= 11 is 7.18. The Labute approximate surface area is 191 Å². The number of benzene rings is 2. The molecule has 2 aromatic carbocycles. The molecule has 4 aromatic rings. The van der Waals surface area contributed by atoms with Gasteiger partial charge in [0.1, 0.15) is 10.6 Å². The van der Waals surface area contributed by atoms with E-state index in [1.54, 1.807) is 6.07 Å². The molecule has 2 heterocycles. The Bertz CT molecular complexity index is 1440. The number of halogens is 1. The normalized spacial score (nSPS) is 11.6. The molecule has 164 valence electrons. The number of hydrogen-bond donors (Lipinski definition) is 2. The number of aromatic amines is 1. The van der Waals surface area contributed by atoms with E-state index >= 15 is 0 Å². The number of hydrogen-bond acceptors (Lipinski definition) is 5. The van der Waals surface area contributed by atoms with Gasteiger partial charge in [0, 0.05) is 16.9 Å². The van der Waals surface area contributed by atoms with E-state index < -0.39 is 17.2 Å². The van der Waals surface area contributed by atoms with Crippen LogP contribution in [-0.4, -0.2) is 27.2 Å². The maximum Gasteiger partial charge on any atom is 0.346 e. The molecule has 0 amide bonds. The Morgan fingerprint density at radius 1 is 1.19 bits per heavy atom. The summed E-state index contributed by atoms with van der Waals surface area (Å²) in [6.45, 7) is 4.44. The molecular formula is C23H19ClN2O5S. The van der Waals surface area contributed by atoms with Gasteiger partial charge >= 0.3 is 11.7 Å². The van der Waals surface area contributed by atoms with E-state index in [1.165, 1.54) is 17.5 Å². The molecule has 7 nitrogen and oxygen atoms in total. The average Bonchev–Trinajstić information content (AvgIpc) is 3.19. The zero-order valence-corrected chi connectivity index (χ0v) is 18.8. The van der Waals surface area contributed by atoms with Crippen LogP contribution in [0.5, 0.6) is 5.75 Å². The van der Waals surface area contributed by atoms with Crippen molar-refractivity contribution in [3.8, 4) is 11.4 Å². The van der Waals surface area contributed by atoms with Crippen LogP contribution < -0.4 is 16.0 Å². The smallest absolute Gasteiger partial charge is 0.346 e. The van der Waals surface area contributed by atoms with Crippen molar-refractivity contribution < 1.29 is 14.6 Å². The first-order chi connectivity index (χ1) is 15.2. The Morgan fingerprint density at radius 2 is 1.91 bits per heavy atom. The minimum absolute atomic E-state index is 0.0744. The highest BCUT2D eigenvalue weighted by Gasteiger charge is 2.23. The number of ether oxygens (including phenoxy) is 1. The van der Waals surface area contributed by atoms with Crippen molar-refractivity contribution in [3.63, 3.8) is 0 Å². The predicted octanol–water partition coefficient (Wildman–Crippen LogP) is 4.45. The van der Waals surface area contributed by atoms with Crippen molar-refractivity contribution in [2.24, 2.45) is 0 Å². The molecule has 32 heavy (non-hydrogen) atoms. The van der Waals surface area contributed by atoms with Crippen LogP contribution in [0.2, 0.25) is 5.02 Å². The van der Waals surface area contributed by atoms with E-state index in [-0.39, 0.29) is 31.9 Å². The van der Waals surface area contributed by atoms with E-state index in [4.69, 9.17) is 16.3 Å². The fourth-order valence-electron chi connectivity index (χ4n) is 3.40. The summed E-state index contributed by atoms with van der Waals surface area (Å²) in [6.07, 6.45) is 0. The molecule has 2 N–H and O–H groups in total. The van der Waals surface area contributed by atoms with Gasteiger partial charge in [0.25, 0.3) is 5.56 Å². The summed E-state index contributed by atoms with van der Waals surface area (Å²) < 4.78 is 6.81. The zero-order chi connectivity index (χ0) is 23.0. The highest BCUT2D eigenvalue weighted by atomic mass is 35.5. The second-order valence-electron chi connectivity index (χ2n) is 7.88. The summed E-state index contributed by atoms with van der Waals surface area (Å²) in [4.78, 5) is 39.7. The Morgan fingerprint density at radius 3 is 2.59 bits per heavy atom. The van der Waals surface area contributed by atoms with Gasteiger partial charge in [-0.3, -0.25) is 4.79 Å². The van der Waals surface area contributed by atoms with E-state index in [9.17, 15) is 19.5 Å². The van der Waals surface area contributed by atoms with Gasteiger partial charge in [-0.25, -0.2) is 14.2 Å². The zero-order valence-electron chi connectivity index (χ0n) is 17.2. The number of H-pyrrole nitrogens is 1. The van der Waals surface area contributed by atoms with Crippen molar-refractivity contribution >= 4 is 39.8 Å². The van der Waals surface area contributed by atoms with Crippen LogP contribution in [0.25, 0.3) is 16.6 Å². The van der Waals surface area contributed by atoms with Gasteiger partial charge < -0.3 is 14.8 Å². The molecule has 0 bridgehead atoms. The van der Waals surface area contributed by atoms with Crippen molar-refractivity contribution in [3.05, 3.63) is 90.2 Å². The van der Waals surface area contributed by atoms with Crippen molar-refractivity contribution in [1.29, 1.82) is 0 Å². The largest absolute Gasteiger partial charge is 0.493 e. The number of fused-ring (bicyclic) bond motifs is 1. The third-order valence-electron chi connectivity index (χ3n) is 5.16. The molecule has 0 spiro atoms. The van der Waals surface area contributed by atoms with Crippen LogP contribution in [0, 0.1) is 0 Å². The molecule has 2 aromatic heterocycles. The molecule has 0 saturated heterocycles. The van der Waals surface area contributed by atoms with Crippen LogP contribution in [0.1, 0.15) is 29.1 Å². The quantitative estimate of drug-likeness (QED) is 0.433. The van der Waals surface area contributed by atoms with Gasteiger partial charge in [0.2, 0.25) is 0 Å². The number of aromatic carboxylic acids is 1. The van der Waals surface area contributed by atoms with E-state index in [0.717, 1.165) is 21.5 Å². The summed E-state index contributed by atoms with van der Waals surface area (Å²) in [5, 5.41) is 10.9. The first-order valence-electron chi connectivity index (χ1n) is 9.67. The van der Waals surface area contributed by atoms with Gasteiger partial charge in [0.15, 0.2) is 0 Å². The van der Waals surface area contributed by atoms with Crippen LogP contribution >= 0.6 is 22.9 Å². The fraction of sp³-hybridized carbons (Fsp3) is 0.174. The highest BCUT2D eigenvalue weighted by molar-refractivity contribution is 7.13. The summed E-state index contributed by atoms with van der Waals surface area (Å²) in [7, 11) is 0. The number of carbonyl (C=O) groups is 1. The molecule has 0 radical (unpaired) electrons. The molecule has 4 rings (SSSR count).